The number of nitrogens with zero attached hydrogens (tertiary/aromatic N) is 3. The summed E-state index contributed by atoms with van der Waals surface area (Å²) in [6.45, 7) is 2.97. The molecule has 1 aliphatic carbocycles. The first-order chi connectivity index (χ1) is 10.1. The summed E-state index contributed by atoms with van der Waals surface area (Å²) in [5.41, 5.74) is 1.09. The molecule has 0 saturated heterocycles. The molecule has 112 valence electrons. The van der Waals surface area contributed by atoms with Gasteiger partial charge in [0.25, 0.3) is 0 Å². The molecule has 2 atom stereocenters. The number of aromatic nitrogens is 3. The highest BCUT2D eigenvalue weighted by Crippen LogP contribution is 2.34. The van der Waals surface area contributed by atoms with E-state index in [-0.39, 0.29) is 0 Å². The Balaban J connectivity index is 1.54. The van der Waals surface area contributed by atoms with Crippen LogP contribution in [0.25, 0.3) is 0 Å². The van der Waals surface area contributed by atoms with E-state index in [1.54, 1.807) is 6.20 Å². The molecule has 0 radical (unpaired) electrons. The van der Waals surface area contributed by atoms with Crippen molar-refractivity contribution < 1.29 is 0 Å². The van der Waals surface area contributed by atoms with Gasteiger partial charge in [-0.05, 0) is 54.1 Å². The van der Waals surface area contributed by atoms with E-state index in [4.69, 9.17) is 11.6 Å². The Morgan fingerprint density at radius 1 is 1.48 bits per heavy atom. The van der Waals surface area contributed by atoms with Gasteiger partial charge in [0.15, 0.2) is 0 Å². The van der Waals surface area contributed by atoms with Crippen molar-refractivity contribution in [3.63, 3.8) is 0 Å². The van der Waals surface area contributed by atoms with E-state index in [1.807, 2.05) is 13.0 Å². The second-order valence-corrected chi connectivity index (χ2v) is 6.90. The van der Waals surface area contributed by atoms with Crippen LogP contribution < -0.4 is 5.32 Å². The first-order valence-corrected chi connectivity index (χ1v) is 8.35. The molecule has 0 aromatic carbocycles. The lowest BCUT2D eigenvalue weighted by Crippen LogP contribution is -2.13. The van der Waals surface area contributed by atoms with Crippen molar-refractivity contribution >= 4 is 33.3 Å². The predicted molar refractivity (Wildman–Crippen MR) is 88.8 cm³/mol. The average Bonchev–Trinajstić information content (AvgIpc) is 3.09. The Hall–Kier alpha value is -1.07. The number of anilines is 1. The zero-order valence-electron chi connectivity index (χ0n) is 11.9. The highest BCUT2D eigenvalue weighted by molar-refractivity contribution is 9.10. The molecule has 1 aliphatic rings. The van der Waals surface area contributed by atoms with Crippen molar-refractivity contribution in [1.82, 2.24) is 14.8 Å². The minimum Gasteiger partial charge on any atom is -0.370 e. The summed E-state index contributed by atoms with van der Waals surface area (Å²) in [4.78, 5) is 4.32. The fourth-order valence-electron chi connectivity index (χ4n) is 2.87. The van der Waals surface area contributed by atoms with E-state index in [2.05, 4.69) is 48.3 Å². The van der Waals surface area contributed by atoms with Crippen molar-refractivity contribution in [2.75, 3.05) is 11.9 Å². The normalized spacial score (nSPS) is 21.7. The Labute approximate surface area is 138 Å². The first kappa shape index (κ1) is 14.9. The van der Waals surface area contributed by atoms with Gasteiger partial charge in [-0.2, -0.15) is 5.10 Å². The summed E-state index contributed by atoms with van der Waals surface area (Å²) in [5.74, 6) is 1.49. The molecule has 1 N–H and O–H groups in total. The molecule has 0 amide bonds. The molecule has 1 saturated carbocycles. The molecular formula is C15H18BrClN4. The van der Waals surface area contributed by atoms with Crippen molar-refractivity contribution in [3.05, 3.63) is 39.7 Å². The maximum absolute atomic E-state index is 6.08. The lowest BCUT2D eigenvalue weighted by atomic mass is 10.1. The average molecular weight is 370 g/mol. The third kappa shape index (κ3) is 3.58. The summed E-state index contributed by atoms with van der Waals surface area (Å²) in [6.07, 6.45) is 7.40. The van der Waals surface area contributed by atoms with Crippen molar-refractivity contribution in [3.8, 4) is 0 Å². The van der Waals surface area contributed by atoms with Gasteiger partial charge in [0.2, 0.25) is 0 Å². The molecule has 1 fully saturated rings. The minimum absolute atomic E-state index is 0.534. The third-order valence-electron chi connectivity index (χ3n) is 4.01. The van der Waals surface area contributed by atoms with Gasteiger partial charge in [-0.15, -0.1) is 0 Å². The number of hydrogen-bond donors (Lipinski definition) is 1. The van der Waals surface area contributed by atoms with Crippen LogP contribution in [0.4, 0.5) is 5.82 Å². The van der Waals surface area contributed by atoms with Crippen molar-refractivity contribution in [1.29, 1.82) is 0 Å². The molecule has 0 aliphatic heterocycles. The fourth-order valence-corrected chi connectivity index (χ4v) is 3.24. The topological polar surface area (TPSA) is 42.7 Å². The zero-order valence-corrected chi connectivity index (χ0v) is 14.2. The van der Waals surface area contributed by atoms with Crippen LogP contribution in [0, 0.1) is 12.8 Å². The van der Waals surface area contributed by atoms with Gasteiger partial charge in [0.05, 0.1) is 21.2 Å². The van der Waals surface area contributed by atoms with Gasteiger partial charge >= 0.3 is 0 Å². The van der Waals surface area contributed by atoms with Gasteiger partial charge in [0.1, 0.15) is 5.82 Å². The predicted octanol–water partition coefficient (Wildman–Crippen LogP) is 4.46. The van der Waals surface area contributed by atoms with Gasteiger partial charge in [-0.25, -0.2) is 4.98 Å². The summed E-state index contributed by atoms with van der Waals surface area (Å²) >= 11 is 9.43. The SMILES string of the molecule is Cc1ccn(C2CCC(CNc3cc(Cl)c(Br)cn3)C2)n1. The van der Waals surface area contributed by atoms with E-state index in [0.29, 0.717) is 17.0 Å². The van der Waals surface area contributed by atoms with Crippen LogP contribution in [0.2, 0.25) is 5.02 Å². The smallest absolute Gasteiger partial charge is 0.127 e. The van der Waals surface area contributed by atoms with Crippen LogP contribution in [0.1, 0.15) is 31.0 Å². The van der Waals surface area contributed by atoms with E-state index < -0.39 is 0 Å². The van der Waals surface area contributed by atoms with Gasteiger partial charge < -0.3 is 5.32 Å². The van der Waals surface area contributed by atoms with Crippen LogP contribution in [0.15, 0.2) is 29.0 Å². The number of nitrogens with one attached hydrogen (secondary N) is 1. The Bertz CT molecular complexity index is 628. The molecule has 0 spiro atoms. The van der Waals surface area contributed by atoms with Crippen LogP contribution in [-0.4, -0.2) is 21.3 Å². The van der Waals surface area contributed by atoms with Crippen LogP contribution in [0.5, 0.6) is 0 Å². The second kappa shape index (κ2) is 6.36. The highest BCUT2D eigenvalue weighted by atomic mass is 79.9. The Morgan fingerprint density at radius 3 is 3.05 bits per heavy atom. The molecule has 2 heterocycles. The Morgan fingerprint density at radius 2 is 2.33 bits per heavy atom. The van der Waals surface area contributed by atoms with E-state index in [0.717, 1.165) is 22.5 Å². The number of pyridine rings is 1. The molecule has 3 rings (SSSR count). The maximum Gasteiger partial charge on any atom is 0.127 e. The minimum atomic E-state index is 0.534. The summed E-state index contributed by atoms with van der Waals surface area (Å²) in [7, 11) is 0. The van der Waals surface area contributed by atoms with Crippen LogP contribution >= 0.6 is 27.5 Å². The quantitative estimate of drug-likeness (QED) is 0.865. The molecule has 6 heteroatoms. The molecule has 2 unspecified atom stereocenters. The number of aryl methyl sites for hydroxylation is 1. The van der Waals surface area contributed by atoms with Crippen LogP contribution in [-0.2, 0) is 0 Å². The Kier molecular flexibility index (Phi) is 4.50. The summed E-state index contributed by atoms with van der Waals surface area (Å²) < 4.78 is 2.94. The van der Waals surface area contributed by atoms with Gasteiger partial charge in [0, 0.05) is 25.0 Å². The molecule has 4 nitrogen and oxygen atoms in total. The van der Waals surface area contributed by atoms with Crippen molar-refractivity contribution in [2.24, 2.45) is 5.92 Å². The fraction of sp³-hybridized carbons (Fsp3) is 0.467. The van der Waals surface area contributed by atoms with E-state index in [9.17, 15) is 0 Å². The van der Waals surface area contributed by atoms with Crippen molar-refractivity contribution in [2.45, 2.75) is 32.2 Å². The summed E-state index contributed by atoms with van der Waals surface area (Å²) in [6, 6.07) is 4.46. The molecule has 2 aromatic heterocycles. The number of hydrogen-bond acceptors (Lipinski definition) is 3. The largest absolute Gasteiger partial charge is 0.370 e. The lowest BCUT2D eigenvalue weighted by molar-refractivity contribution is 0.444. The summed E-state index contributed by atoms with van der Waals surface area (Å²) in [5, 5.41) is 8.60. The van der Waals surface area contributed by atoms with E-state index in [1.165, 1.54) is 19.3 Å². The number of halogens is 2. The molecule has 0 bridgehead atoms. The maximum atomic E-state index is 6.08. The molecule has 21 heavy (non-hydrogen) atoms. The first-order valence-electron chi connectivity index (χ1n) is 7.18. The highest BCUT2D eigenvalue weighted by Gasteiger charge is 2.26. The second-order valence-electron chi connectivity index (χ2n) is 5.63. The molecule has 2 aromatic rings. The number of rotatable bonds is 4. The van der Waals surface area contributed by atoms with Crippen LogP contribution in [0.3, 0.4) is 0 Å². The molecular weight excluding hydrogens is 352 g/mol. The van der Waals surface area contributed by atoms with E-state index >= 15 is 0 Å². The monoisotopic (exact) mass is 368 g/mol. The van der Waals surface area contributed by atoms with Gasteiger partial charge in [-0.3, -0.25) is 4.68 Å². The third-order valence-corrected chi connectivity index (χ3v) is 5.18. The standard InChI is InChI=1S/C15H18BrClN4/c1-10-4-5-21(20-10)12-3-2-11(6-12)8-18-15-7-14(17)13(16)9-19-15/h4-5,7,9,11-12H,2-3,6,8H2,1H3,(H,18,19). The lowest BCUT2D eigenvalue weighted by Gasteiger charge is -2.13. The zero-order chi connectivity index (χ0) is 14.8. The van der Waals surface area contributed by atoms with Gasteiger partial charge in [-0.1, -0.05) is 11.6 Å².